The van der Waals surface area contributed by atoms with Crippen molar-refractivity contribution in [3.05, 3.63) is 35.5 Å². The number of benzene rings is 1. The van der Waals surface area contributed by atoms with E-state index in [9.17, 15) is 0 Å². The standard InChI is InChI=1S/C17H22N2O/c1-17(2)16-15(11-6-4-5-7-13(11)18-16)12-8-9-19(3)10-14(12)20-17/h4-7,12,14,18H,8-10H2,1-3H3/t12-,14-/m0/s1. The lowest BCUT2D eigenvalue weighted by atomic mass is 9.79. The van der Waals surface area contributed by atoms with Crippen molar-refractivity contribution in [2.75, 3.05) is 20.1 Å². The molecule has 4 rings (SSSR count). The van der Waals surface area contributed by atoms with Gasteiger partial charge in [-0.1, -0.05) is 18.2 Å². The topological polar surface area (TPSA) is 28.3 Å². The van der Waals surface area contributed by atoms with Crippen LogP contribution < -0.4 is 0 Å². The summed E-state index contributed by atoms with van der Waals surface area (Å²) in [7, 11) is 2.19. The maximum atomic E-state index is 6.43. The highest BCUT2D eigenvalue weighted by atomic mass is 16.5. The van der Waals surface area contributed by atoms with Gasteiger partial charge in [0.05, 0.1) is 11.8 Å². The molecular weight excluding hydrogens is 248 g/mol. The van der Waals surface area contributed by atoms with Crippen molar-refractivity contribution >= 4 is 10.9 Å². The van der Waals surface area contributed by atoms with Crippen LogP contribution in [0.4, 0.5) is 0 Å². The maximum absolute atomic E-state index is 6.43. The summed E-state index contributed by atoms with van der Waals surface area (Å²) in [5, 5.41) is 1.39. The molecule has 0 bridgehead atoms. The summed E-state index contributed by atoms with van der Waals surface area (Å²) in [6.07, 6.45) is 1.50. The van der Waals surface area contributed by atoms with E-state index in [1.807, 2.05) is 0 Å². The molecule has 0 saturated carbocycles. The summed E-state index contributed by atoms with van der Waals surface area (Å²) in [5.74, 6) is 0.533. The Bertz CT molecular complexity index is 658. The van der Waals surface area contributed by atoms with Gasteiger partial charge in [-0.3, -0.25) is 0 Å². The largest absolute Gasteiger partial charge is 0.364 e. The highest BCUT2D eigenvalue weighted by Crippen LogP contribution is 2.47. The molecule has 2 atom stereocenters. The minimum Gasteiger partial charge on any atom is -0.364 e. The highest BCUT2D eigenvalue weighted by Gasteiger charge is 2.44. The number of hydrogen-bond donors (Lipinski definition) is 1. The van der Waals surface area contributed by atoms with Gasteiger partial charge in [0.15, 0.2) is 0 Å². The number of aromatic amines is 1. The summed E-state index contributed by atoms with van der Waals surface area (Å²) in [6.45, 7) is 6.56. The first-order valence-electron chi connectivity index (χ1n) is 7.54. The van der Waals surface area contributed by atoms with Crippen LogP contribution in [-0.4, -0.2) is 36.1 Å². The molecule has 3 heteroatoms. The zero-order valence-electron chi connectivity index (χ0n) is 12.4. The lowest BCUT2D eigenvalue weighted by Gasteiger charge is -2.45. The van der Waals surface area contributed by atoms with E-state index >= 15 is 0 Å². The van der Waals surface area contributed by atoms with E-state index in [0.717, 1.165) is 13.1 Å². The number of aromatic nitrogens is 1. The third kappa shape index (κ3) is 1.66. The van der Waals surface area contributed by atoms with Crippen molar-refractivity contribution in [2.24, 2.45) is 0 Å². The number of ether oxygens (including phenoxy) is 1. The second kappa shape index (κ2) is 4.09. The first-order valence-corrected chi connectivity index (χ1v) is 7.54. The van der Waals surface area contributed by atoms with Gasteiger partial charge in [-0.25, -0.2) is 0 Å². The van der Waals surface area contributed by atoms with Crippen LogP contribution in [-0.2, 0) is 10.3 Å². The van der Waals surface area contributed by atoms with E-state index in [1.54, 1.807) is 0 Å². The molecule has 0 aliphatic carbocycles. The van der Waals surface area contributed by atoms with E-state index in [-0.39, 0.29) is 5.60 Å². The van der Waals surface area contributed by atoms with Gasteiger partial charge < -0.3 is 14.6 Å². The van der Waals surface area contributed by atoms with E-state index in [0.29, 0.717) is 12.0 Å². The fourth-order valence-corrected chi connectivity index (χ4v) is 3.98. The predicted octanol–water partition coefficient (Wildman–Crippen LogP) is 3.22. The minimum absolute atomic E-state index is 0.228. The Morgan fingerprint density at radius 2 is 2.10 bits per heavy atom. The van der Waals surface area contributed by atoms with Crippen LogP contribution in [0.15, 0.2) is 24.3 Å². The van der Waals surface area contributed by atoms with Gasteiger partial charge in [0.1, 0.15) is 5.60 Å². The number of piperidine rings is 1. The molecule has 2 aromatic rings. The number of likely N-dealkylation sites (N-methyl/N-ethyl adjacent to an activating group) is 1. The Balaban J connectivity index is 1.94. The molecule has 1 aromatic carbocycles. The van der Waals surface area contributed by atoms with E-state index in [4.69, 9.17) is 4.74 Å². The summed E-state index contributed by atoms with van der Waals surface area (Å²) in [4.78, 5) is 6.00. The summed E-state index contributed by atoms with van der Waals surface area (Å²) in [5.41, 5.74) is 3.81. The first-order chi connectivity index (χ1) is 9.56. The SMILES string of the molecule is CN1CC[C@@H]2c3c([nH]c4ccccc34)C(C)(C)O[C@H]2C1. The predicted molar refractivity (Wildman–Crippen MR) is 81.1 cm³/mol. The zero-order valence-corrected chi connectivity index (χ0v) is 12.4. The number of rotatable bonds is 0. The first kappa shape index (κ1) is 12.4. The van der Waals surface area contributed by atoms with E-state index in [2.05, 4.69) is 55.0 Å². The fraction of sp³-hybridized carbons (Fsp3) is 0.529. The Kier molecular flexibility index (Phi) is 2.54. The lowest BCUT2D eigenvalue weighted by Crippen LogP contribution is -2.48. The van der Waals surface area contributed by atoms with E-state index < -0.39 is 0 Å². The van der Waals surface area contributed by atoms with Gasteiger partial charge in [-0.2, -0.15) is 0 Å². The molecule has 0 radical (unpaired) electrons. The van der Waals surface area contributed by atoms with Gasteiger partial charge >= 0.3 is 0 Å². The van der Waals surface area contributed by atoms with Gasteiger partial charge in [0.2, 0.25) is 0 Å². The Morgan fingerprint density at radius 3 is 2.95 bits per heavy atom. The van der Waals surface area contributed by atoms with Crippen molar-refractivity contribution < 1.29 is 4.74 Å². The maximum Gasteiger partial charge on any atom is 0.103 e. The zero-order chi connectivity index (χ0) is 13.9. The van der Waals surface area contributed by atoms with Crippen LogP contribution in [0.3, 0.4) is 0 Å². The summed E-state index contributed by atoms with van der Waals surface area (Å²) < 4.78 is 6.43. The second-order valence-electron chi connectivity index (χ2n) is 6.78. The Hall–Kier alpha value is -1.32. The number of nitrogens with zero attached hydrogens (tertiary/aromatic N) is 1. The molecule has 106 valence electrons. The van der Waals surface area contributed by atoms with Gasteiger partial charge in [-0.15, -0.1) is 0 Å². The number of nitrogens with one attached hydrogen (secondary N) is 1. The molecule has 1 fully saturated rings. The van der Waals surface area contributed by atoms with Crippen molar-refractivity contribution in [1.29, 1.82) is 0 Å². The Labute approximate surface area is 119 Å². The molecule has 1 saturated heterocycles. The normalized spacial score (nSPS) is 29.1. The number of hydrogen-bond acceptors (Lipinski definition) is 2. The average molecular weight is 270 g/mol. The number of para-hydroxylation sites is 1. The highest BCUT2D eigenvalue weighted by molar-refractivity contribution is 5.86. The molecule has 0 unspecified atom stereocenters. The summed E-state index contributed by atoms with van der Waals surface area (Å²) >= 11 is 0. The van der Waals surface area contributed by atoms with Gasteiger partial charge in [0, 0.05) is 23.4 Å². The number of likely N-dealkylation sites (tertiary alicyclic amines) is 1. The number of H-pyrrole nitrogens is 1. The third-order valence-electron chi connectivity index (χ3n) is 4.93. The van der Waals surface area contributed by atoms with Crippen molar-refractivity contribution in [3.63, 3.8) is 0 Å². The molecule has 3 nitrogen and oxygen atoms in total. The van der Waals surface area contributed by atoms with Crippen molar-refractivity contribution in [1.82, 2.24) is 9.88 Å². The molecule has 0 amide bonds. The van der Waals surface area contributed by atoms with Crippen LogP contribution in [0.2, 0.25) is 0 Å². The van der Waals surface area contributed by atoms with Crippen LogP contribution in [0.1, 0.15) is 37.4 Å². The molecule has 2 aliphatic heterocycles. The molecule has 1 N–H and O–H groups in total. The van der Waals surface area contributed by atoms with Crippen molar-refractivity contribution in [2.45, 2.75) is 37.9 Å². The molecular formula is C17H22N2O. The fourth-order valence-electron chi connectivity index (χ4n) is 3.98. The molecule has 0 spiro atoms. The minimum atomic E-state index is -0.228. The summed E-state index contributed by atoms with van der Waals surface area (Å²) in [6, 6.07) is 8.67. The number of fused-ring (bicyclic) bond motifs is 5. The van der Waals surface area contributed by atoms with Crippen LogP contribution >= 0.6 is 0 Å². The van der Waals surface area contributed by atoms with Crippen LogP contribution in [0, 0.1) is 0 Å². The second-order valence-corrected chi connectivity index (χ2v) is 6.78. The molecule has 1 aromatic heterocycles. The smallest absolute Gasteiger partial charge is 0.103 e. The Morgan fingerprint density at radius 1 is 1.30 bits per heavy atom. The van der Waals surface area contributed by atoms with Gasteiger partial charge in [0.25, 0.3) is 0 Å². The monoisotopic (exact) mass is 270 g/mol. The van der Waals surface area contributed by atoms with E-state index in [1.165, 1.54) is 28.6 Å². The quantitative estimate of drug-likeness (QED) is 0.796. The molecule has 20 heavy (non-hydrogen) atoms. The average Bonchev–Trinajstić information content (AvgIpc) is 2.79. The third-order valence-corrected chi connectivity index (χ3v) is 4.93. The lowest BCUT2D eigenvalue weighted by molar-refractivity contribution is -0.122. The van der Waals surface area contributed by atoms with Crippen LogP contribution in [0.5, 0.6) is 0 Å². The van der Waals surface area contributed by atoms with Crippen molar-refractivity contribution in [3.8, 4) is 0 Å². The van der Waals surface area contributed by atoms with Crippen LogP contribution in [0.25, 0.3) is 10.9 Å². The van der Waals surface area contributed by atoms with Gasteiger partial charge in [-0.05, 0) is 45.5 Å². The molecule has 2 aliphatic rings. The molecule has 3 heterocycles.